The molecule has 1 aromatic rings. The number of benzene rings is 1. The third-order valence-corrected chi connectivity index (χ3v) is 1.84. The zero-order valence-electron chi connectivity index (χ0n) is 7.44. The van der Waals surface area contributed by atoms with Crippen LogP contribution in [0, 0.1) is 13.8 Å². The van der Waals surface area contributed by atoms with Crippen LogP contribution in [0.2, 0.25) is 0 Å². The Hall–Kier alpha value is -1.04. The van der Waals surface area contributed by atoms with E-state index in [1.54, 1.807) is 0 Å². The van der Waals surface area contributed by atoms with E-state index in [1.807, 2.05) is 6.92 Å². The summed E-state index contributed by atoms with van der Waals surface area (Å²) in [6.45, 7) is 10.2. The molecule has 0 aromatic heterocycles. The Kier molecular flexibility index (Phi) is 9.84. The second-order valence-electron chi connectivity index (χ2n) is 3.10. The summed E-state index contributed by atoms with van der Waals surface area (Å²) in [7, 11) is 0. The van der Waals surface area contributed by atoms with E-state index in [2.05, 4.69) is 38.6 Å². The molecule has 1 aromatic carbocycles. The fraction of sp³-hybridized carbons (Fsp3) is 0.429. The molecule has 0 aliphatic heterocycles. The van der Waals surface area contributed by atoms with Crippen LogP contribution in [0.25, 0.3) is 5.57 Å². The molecular formula is C14H26. The van der Waals surface area contributed by atoms with Crippen molar-refractivity contribution < 1.29 is 0 Å². The topological polar surface area (TPSA) is 0 Å². The van der Waals surface area contributed by atoms with Gasteiger partial charge in [0.15, 0.2) is 0 Å². The lowest BCUT2D eigenvalue weighted by atomic mass is 10.0. The van der Waals surface area contributed by atoms with Crippen molar-refractivity contribution in [3.05, 3.63) is 41.5 Å². The second kappa shape index (κ2) is 7.37. The van der Waals surface area contributed by atoms with Crippen LogP contribution in [0.5, 0.6) is 0 Å². The Balaban J connectivity index is -0.000000403. The highest BCUT2D eigenvalue weighted by molar-refractivity contribution is 5.64. The second-order valence-corrected chi connectivity index (χ2v) is 3.10. The van der Waals surface area contributed by atoms with E-state index < -0.39 is 0 Å². The molecule has 0 atom stereocenters. The average Bonchev–Trinajstić information content (AvgIpc) is 1.85. The van der Waals surface area contributed by atoms with Gasteiger partial charge in [0.2, 0.25) is 0 Å². The van der Waals surface area contributed by atoms with Crippen LogP contribution in [0.1, 0.15) is 45.9 Å². The number of rotatable bonds is 1. The van der Waals surface area contributed by atoms with Crippen LogP contribution in [-0.4, -0.2) is 0 Å². The van der Waals surface area contributed by atoms with Crippen molar-refractivity contribution in [3.63, 3.8) is 0 Å². The summed E-state index contributed by atoms with van der Waals surface area (Å²) in [5.74, 6) is 0. The van der Waals surface area contributed by atoms with Crippen LogP contribution >= 0.6 is 0 Å². The van der Waals surface area contributed by atoms with E-state index in [0.29, 0.717) is 0 Å². The Morgan fingerprint density at radius 2 is 1.57 bits per heavy atom. The number of allylic oxidation sites excluding steroid dienone is 1. The molecule has 0 amide bonds. The number of hydrogen-bond acceptors (Lipinski definition) is 0. The molecule has 0 saturated carbocycles. The van der Waals surface area contributed by atoms with Gasteiger partial charge in [-0.05, 0) is 31.9 Å². The fourth-order valence-electron chi connectivity index (χ4n) is 1.29. The molecule has 0 spiro atoms. The van der Waals surface area contributed by atoms with Crippen molar-refractivity contribution in [2.75, 3.05) is 0 Å². The summed E-state index contributed by atoms with van der Waals surface area (Å²) in [5.41, 5.74) is 5.04. The normalized spacial score (nSPS) is 7.64. The quantitative estimate of drug-likeness (QED) is 0.573. The minimum Gasteiger partial charge on any atom is -0.0955 e. The molecule has 14 heavy (non-hydrogen) atoms. The van der Waals surface area contributed by atoms with E-state index in [-0.39, 0.29) is 22.3 Å². The standard InChI is InChI=1S/C11H14.3CH4/c1-8(2)11-6-5-9(3)7-10(11)4;;;/h5-7H,1H2,2-4H3;3*1H4. The molecule has 0 radical (unpaired) electrons. The number of aryl methyl sites for hydroxylation is 2. The lowest BCUT2D eigenvalue weighted by molar-refractivity contribution is 1.35. The third kappa shape index (κ3) is 4.27. The number of hydrogen-bond donors (Lipinski definition) is 0. The first-order valence-electron chi connectivity index (χ1n) is 3.84. The van der Waals surface area contributed by atoms with Gasteiger partial charge in [-0.15, -0.1) is 0 Å². The first-order chi connectivity index (χ1) is 5.11. The maximum absolute atomic E-state index is 3.92. The van der Waals surface area contributed by atoms with Crippen LogP contribution < -0.4 is 0 Å². The van der Waals surface area contributed by atoms with Gasteiger partial charge in [0, 0.05) is 0 Å². The van der Waals surface area contributed by atoms with Gasteiger partial charge in [-0.25, -0.2) is 0 Å². The van der Waals surface area contributed by atoms with E-state index in [4.69, 9.17) is 0 Å². The van der Waals surface area contributed by atoms with Gasteiger partial charge in [0.1, 0.15) is 0 Å². The molecule has 0 heterocycles. The van der Waals surface area contributed by atoms with Crippen molar-refractivity contribution >= 4 is 5.57 Å². The Bertz CT molecular complexity index is 282. The van der Waals surface area contributed by atoms with Gasteiger partial charge in [-0.3, -0.25) is 0 Å². The monoisotopic (exact) mass is 194 g/mol. The molecule has 0 nitrogen and oxygen atoms in total. The zero-order valence-corrected chi connectivity index (χ0v) is 7.44. The van der Waals surface area contributed by atoms with Gasteiger partial charge >= 0.3 is 0 Å². The fourth-order valence-corrected chi connectivity index (χ4v) is 1.29. The van der Waals surface area contributed by atoms with Gasteiger partial charge < -0.3 is 0 Å². The van der Waals surface area contributed by atoms with E-state index in [9.17, 15) is 0 Å². The molecule has 0 fully saturated rings. The third-order valence-electron chi connectivity index (χ3n) is 1.84. The van der Waals surface area contributed by atoms with Gasteiger partial charge in [-0.2, -0.15) is 0 Å². The van der Waals surface area contributed by atoms with Crippen LogP contribution in [0.15, 0.2) is 24.8 Å². The molecule has 0 heteroatoms. The van der Waals surface area contributed by atoms with Crippen LogP contribution in [0.4, 0.5) is 0 Å². The Morgan fingerprint density at radius 3 is 1.93 bits per heavy atom. The van der Waals surface area contributed by atoms with Gasteiger partial charge in [0.05, 0.1) is 0 Å². The first kappa shape index (κ1) is 18.7. The van der Waals surface area contributed by atoms with E-state index >= 15 is 0 Å². The van der Waals surface area contributed by atoms with Crippen molar-refractivity contribution in [2.24, 2.45) is 0 Å². The predicted molar refractivity (Wildman–Crippen MR) is 70.8 cm³/mol. The highest BCUT2D eigenvalue weighted by Crippen LogP contribution is 2.17. The minimum absolute atomic E-state index is 0. The summed E-state index contributed by atoms with van der Waals surface area (Å²) in [6.07, 6.45) is 0. The Morgan fingerprint density at radius 1 is 1.07 bits per heavy atom. The molecule has 1 rings (SSSR count). The smallest absolute Gasteiger partial charge is 0.0204 e. The van der Waals surface area contributed by atoms with Gasteiger partial charge in [-0.1, -0.05) is 58.2 Å². The summed E-state index contributed by atoms with van der Waals surface area (Å²) in [6, 6.07) is 6.44. The largest absolute Gasteiger partial charge is 0.0955 e. The summed E-state index contributed by atoms with van der Waals surface area (Å²) < 4.78 is 0. The van der Waals surface area contributed by atoms with E-state index in [1.165, 1.54) is 16.7 Å². The molecule has 0 saturated heterocycles. The van der Waals surface area contributed by atoms with Gasteiger partial charge in [0.25, 0.3) is 0 Å². The lowest BCUT2D eigenvalue weighted by Crippen LogP contribution is -1.84. The van der Waals surface area contributed by atoms with Crippen molar-refractivity contribution in [1.82, 2.24) is 0 Å². The lowest BCUT2D eigenvalue weighted by Gasteiger charge is -2.04. The average molecular weight is 194 g/mol. The van der Waals surface area contributed by atoms with Crippen LogP contribution in [-0.2, 0) is 0 Å². The highest BCUT2D eigenvalue weighted by atomic mass is 14.0. The van der Waals surface area contributed by atoms with Crippen molar-refractivity contribution in [3.8, 4) is 0 Å². The highest BCUT2D eigenvalue weighted by Gasteiger charge is 1.96. The Labute approximate surface area is 90.7 Å². The molecule has 0 aliphatic carbocycles. The van der Waals surface area contributed by atoms with Crippen molar-refractivity contribution in [2.45, 2.75) is 43.1 Å². The summed E-state index contributed by atoms with van der Waals surface area (Å²) in [4.78, 5) is 0. The molecule has 0 aliphatic rings. The minimum atomic E-state index is 0. The molecule has 0 bridgehead atoms. The summed E-state index contributed by atoms with van der Waals surface area (Å²) in [5, 5.41) is 0. The van der Waals surface area contributed by atoms with Crippen LogP contribution in [0.3, 0.4) is 0 Å². The maximum atomic E-state index is 3.92. The first-order valence-corrected chi connectivity index (χ1v) is 3.84. The predicted octanol–water partition coefficient (Wildman–Crippen LogP) is 5.24. The molecule has 0 unspecified atom stereocenters. The molecular weight excluding hydrogens is 168 g/mol. The zero-order chi connectivity index (χ0) is 8.43. The summed E-state index contributed by atoms with van der Waals surface area (Å²) >= 11 is 0. The maximum Gasteiger partial charge on any atom is -0.0204 e. The van der Waals surface area contributed by atoms with Crippen molar-refractivity contribution in [1.29, 1.82) is 0 Å². The SMILES string of the molecule is C.C.C.C=C(C)c1ccc(C)cc1C. The molecule has 82 valence electrons. The van der Waals surface area contributed by atoms with E-state index in [0.717, 1.165) is 5.57 Å². The molecule has 0 N–H and O–H groups in total.